The second kappa shape index (κ2) is 8.67. The Morgan fingerprint density at radius 1 is 1.19 bits per heavy atom. The number of piperidine rings is 1. The molecule has 0 saturated carbocycles. The summed E-state index contributed by atoms with van der Waals surface area (Å²) in [4.78, 5) is 24.2. The monoisotopic (exact) mass is 372 g/mol. The minimum atomic E-state index is 0.282. The van der Waals surface area contributed by atoms with Crippen molar-refractivity contribution >= 4 is 5.91 Å². The average Bonchev–Trinajstić information content (AvgIpc) is 3.01. The van der Waals surface area contributed by atoms with Crippen molar-refractivity contribution in [2.75, 3.05) is 46.4 Å². The van der Waals surface area contributed by atoms with Crippen LogP contribution in [0, 0.1) is 5.92 Å². The van der Waals surface area contributed by atoms with Crippen molar-refractivity contribution in [1.82, 2.24) is 19.7 Å². The van der Waals surface area contributed by atoms with Gasteiger partial charge in [-0.2, -0.15) is 0 Å². The fourth-order valence-corrected chi connectivity index (χ4v) is 4.95. The Hall–Kier alpha value is -1.50. The van der Waals surface area contributed by atoms with Crippen LogP contribution >= 0.6 is 0 Å². The van der Waals surface area contributed by atoms with Crippen LogP contribution in [-0.4, -0.2) is 84.1 Å². The second-order valence-electron chi connectivity index (χ2n) is 8.47. The number of ether oxygens (including phenoxy) is 1. The van der Waals surface area contributed by atoms with E-state index in [2.05, 4.69) is 25.8 Å². The van der Waals surface area contributed by atoms with Crippen LogP contribution in [0.1, 0.15) is 31.2 Å². The number of aromatic nitrogens is 1. The van der Waals surface area contributed by atoms with E-state index in [9.17, 15) is 4.79 Å². The Morgan fingerprint density at radius 2 is 2.04 bits per heavy atom. The van der Waals surface area contributed by atoms with Gasteiger partial charge in [0.15, 0.2) is 0 Å². The molecule has 4 saturated heterocycles. The standard InChI is InChI=1S/C21H32N4O2/c1-23(12-17-3-2-8-22-11-17)16-21(26)25-14-18-4-5-20(25)15-24(13-18)19-6-9-27-10-7-19/h2-3,8,11,18-20H,4-7,9-10,12-16H2,1H3/t18-,20+/m0/s1. The molecule has 4 aliphatic rings. The van der Waals surface area contributed by atoms with Gasteiger partial charge in [-0.25, -0.2) is 0 Å². The van der Waals surface area contributed by atoms with E-state index in [1.165, 1.54) is 6.42 Å². The van der Waals surface area contributed by atoms with E-state index in [-0.39, 0.29) is 5.91 Å². The zero-order valence-electron chi connectivity index (χ0n) is 16.4. The summed E-state index contributed by atoms with van der Waals surface area (Å²) >= 11 is 0. The molecule has 1 aromatic heterocycles. The van der Waals surface area contributed by atoms with Gasteiger partial charge in [-0.15, -0.1) is 0 Å². The first-order valence-electron chi connectivity index (χ1n) is 10.4. The van der Waals surface area contributed by atoms with Crippen LogP contribution in [0.5, 0.6) is 0 Å². The predicted molar refractivity (Wildman–Crippen MR) is 104 cm³/mol. The first-order chi connectivity index (χ1) is 13.2. The maximum atomic E-state index is 13.1. The third-order valence-corrected chi connectivity index (χ3v) is 6.35. The van der Waals surface area contributed by atoms with E-state index in [0.29, 0.717) is 24.5 Å². The Morgan fingerprint density at radius 3 is 2.81 bits per heavy atom. The van der Waals surface area contributed by atoms with E-state index in [1.54, 1.807) is 6.20 Å². The molecule has 0 N–H and O–H groups in total. The molecule has 0 unspecified atom stereocenters. The number of fused-ring (bicyclic) bond motifs is 4. The number of hydrogen-bond acceptors (Lipinski definition) is 5. The van der Waals surface area contributed by atoms with Gasteiger partial charge >= 0.3 is 0 Å². The van der Waals surface area contributed by atoms with Crippen LogP contribution in [0.25, 0.3) is 0 Å². The summed E-state index contributed by atoms with van der Waals surface area (Å²) in [5.41, 5.74) is 1.15. The highest BCUT2D eigenvalue weighted by Crippen LogP contribution is 2.30. The summed E-state index contributed by atoms with van der Waals surface area (Å²) in [5.74, 6) is 0.907. The largest absolute Gasteiger partial charge is 0.381 e. The molecule has 5 rings (SSSR count). The third kappa shape index (κ3) is 4.68. The summed E-state index contributed by atoms with van der Waals surface area (Å²) in [7, 11) is 2.02. The van der Waals surface area contributed by atoms with Gasteiger partial charge in [-0.3, -0.25) is 19.6 Å². The molecule has 2 bridgehead atoms. The van der Waals surface area contributed by atoms with Crippen molar-refractivity contribution in [3.63, 3.8) is 0 Å². The van der Waals surface area contributed by atoms with E-state index in [1.807, 2.05) is 19.3 Å². The van der Waals surface area contributed by atoms with Gasteiger partial charge < -0.3 is 9.64 Å². The molecule has 1 amide bonds. The quantitative estimate of drug-likeness (QED) is 0.786. The molecule has 27 heavy (non-hydrogen) atoms. The maximum absolute atomic E-state index is 13.1. The molecule has 0 radical (unpaired) electrons. The van der Waals surface area contributed by atoms with E-state index >= 15 is 0 Å². The summed E-state index contributed by atoms with van der Waals surface area (Å²) in [6, 6.07) is 5.04. The number of nitrogens with zero attached hydrogens (tertiary/aromatic N) is 4. The molecule has 0 aromatic carbocycles. The van der Waals surface area contributed by atoms with Crippen LogP contribution in [0.4, 0.5) is 0 Å². The van der Waals surface area contributed by atoms with Crippen molar-refractivity contribution in [2.24, 2.45) is 5.92 Å². The number of amides is 1. The summed E-state index contributed by atoms with van der Waals surface area (Å²) in [5, 5.41) is 0. The van der Waals surface area contributed by atoms with Gasteiger partial charge in [0, 0.05) is 63.9 Å². The number of rotatable bonds is 5. The van der Waals surface area contributed by atoms with Crippen molar-refractivity contribution in [1.29, 1.82) is 0 Å². The van der Waals surface area contributed by atoms with Gasteiger partial charge in [-0.05, 0) is 50.3 Å². The smallest absolute Gasteiger partial charge is 0.237 e. The summed E-state index contributed by atoms with van der Waals surface area (Å²) in [6.07, 6.45) is 8.36. The molecule has 6 nitrogen and oxygen atoms in total. The lowest BCUT2D eigenvalue weighted by Gasteiger charge is -2.37. The van der Waals surface area contributed by atoms with Crippen LogP contribution in [0.15, 0.2) is 24.5 Å². The number of likely N-dealkylation sites (N-methyl/N-ethyl adjacent to an activating group) is 1. The van der Waals surface area contributed by atoms with Crippen molar-refractivity contribution in [3.05, 3.63) is 30.1 Å². The maximum Gasteiger partial charge on any atom is 0.237 e. The van der Waals surface area contributed by atoms with E-state index in [0.717, 1.165) is 64.2 Å². The molecule has 1 aromatic rings. The minimum absolute atomic E-state index is 0.282. The highest BCUT2D eigenvalue weighted by molar-refractivity contribution is 5.78. The topological polar surface area (TPSA) is 48.9 Å². The normalized spacial score (nSPS) is 27.1. The van der Waals surface area contributed by atoms with Crippen molar-refractivity contribution in [3.8, 4) is 0 Å². The second-order valence-corrected chi connectivity index (χ2v) is 8.47. The molecule has 2 atom stereocenters. The molecule has 6 heteroatoms. The van der Waals surface area contributed by atoms with Crippen LogP contribution in [0.2, 0.25) is 0 Å². The molecular formula is C21H32N4O2. The molecule has 4 fully saturated rings. The van der Waals surface area contributed by atoms with Crippen molar-refractivity contribution in [2.45, 2.75) is 44.3 Å². The van der Waals surface area contributed by atoms with Crippen molar-refractivity contribution < 1.29 is 9.53 Å². The highest BCUT2D eigenvalue weighted by Gasteiger charge is 2.39. The predicted octanol–water partition coefficient (Wildman–Crippen LogP) is 1.62. The number of carbonyl (C=O) groups excluding carboxylic acids is 1. The Bertz CT molecular complexity index is 620. The SMILES string of the molecule is CN(CC(=O)N1C[C@H]2CC[C@@H]1CN(C1CCOCC1)C2)Cc1cccnc1. The lowest BCUT2D eigenvalue weighted by molar-refractivity contribution is -0.136. The van der Waals surface area contributed by atoms with Crippen LogP contribution in [0.3, 0.4) is 0 Å². The number of carbonyl (C=O) groups is 1. The van der Waals surface area contributed by atoms with E-state index in [4.69, 9.17) is 4.74 Å². The van der Waals surface area contributed by atoms with Gasteiger partial charge in [0.05, 0.1) is 6.54 Å². The zero-order chi connectivity index (χ0) is 18.6. The Labute approximate surface area is 162 Å². The number of pyridine rings is 1. The lowest BCUT2D eigenvalue weighted by Crippen LogP contribution is -2.51. The summed E-state index contributed by atoms with van der Waals surface area (Å²) in [6.45, 7) is 6.14. The zero-order valence-corrected chi connectivity index (χ0v) is 16.4. The van der Waals surface area contributed by atoms with E-state index < -0.39 is 0 Å². The number of hydrogen-bond donors (Lipinski definition) is 0. The van der Waals surface area contributed by atoms with Crippen LogP contribution in [-0.2, 0) is 16.1 Å². The van der Waals surface area contributed by atoms with Gasteiger partial charge in [0.25, 0.3) is 0 Å². The molecule has 148 valence electrons. The molecule has 0 aliphatic carbocycles. The third-order valence-electron chi connectivity index (χ3n) is 6.35. The molecule has 4 aliphatic heterocycles. The fraction of sp³-hybridized carbons (Fsp3) is 0.714. The Balaban J connectivity index is 1.35. The average molecular weight is 373 g/mol. The lowest BCUT2D eigenvalue weighted by atomic mass is 9.95. The highest BCUT2D eigenvalue weighted by atomic mass is 16.5. The molecule has 0 spiro atoms. The van der Waals surface area contributed by atoms with Gasteiger partial charge in [-0.1, -0.05) is 6.07 Å². The minimum Gasteiger partial charge on any atom is -0.381 e. The van der Waals surface area contributed by atoms with Gasteiger partial charge in [0.1, 0.15) is 0 Å². The fourth-order valence-electron chi connectivity index (χ4n) is 4.95. The van der Waals surface area contributed by atoms with Gasteiger partial charge in [0.2, 0.25) is 5.91 Å². The first kappa shape index (κ1) is 18.8. The summed E-state index contributed by atoms with van der Waals surface area (Å²) < 4.78 is 5.54. The first-order valence-corrected chi connectivity index (χ1v) is 10.4. The molecular weight excluding hydrogens is 340 g/mol. The van der Waals surface area contributed by atoms with Crippen LogP contribution < -0.4 is 0 Å². The molecule has 5 heterocycles. The Kier molecular flexibility index (Phi) is 6.05.